The predicted octanol–water partition coefficient (Wildman–Crippen LogP) is 1.84. The van der Waals surface area contributed by atoms with E-state index in [9.17, 15) is 5.21 Å². The lowest BCUT2D eigenvalue weighted by Gasteiger charge is -1.97. The number of nitrogens with zero attached hydrogens (tertiary/aromatic N) is 2. The Morgan fingerprint density at radius 2 is 2.07 bits per heavy atom. The van der Waals surface area contributed by atoms with Gasteiger partial charge in [-0.25, -0.2) is 4.74 Å². The van der Waals surface area contributed by atoms with Crippen LogP contribution >= 0.6 is 0 Å². The van der Waals surface area contributed by atoms with Crippen LogP contribution in [0.15, 0.2) is 30.6 Å². The van der Waals surface area contributed by atoms with Crippen LogP contribution in [0, 0.1) is 5.21 Å². The van der Waals surface area contributed by atoms with Crippen molar-refractivity contribution in [3.63, 3.8) is 0 Å². The van der Waals surface area contributed by atoms with E-state index in [1.54, 1.807) is 12.4 Å². The minimum Gasteiger partial charge on any atom is -0.624 e. The van der Waals surface area contributed by atoms with Crippen LogP contribution in [-0.4, -0.2) is 22.0 Å². The number of hydrogen-bond donors (Lipinski definition) is 0. The summed E-state index contributed by atoms with van der Waals surface area (Å²) in [7, 11) is 0. The molecular formula is C11H12N2O. The molecule has 1 aromatic rings. The summed E-state index contributed by atoms with van der Waals surface area (Å²) in [5.41, 5.74) is 1.95. The van der Waals surface area contributed by atoms with Gasteiger partial charge in [-0.05, 0) is 23.8 Å². The van der Waals surface area contributed by atoms with Crippen molar-refractivity contribution in [2.75, 3.05) is 6.54 Å². The third-order valence-corrected chi connectivity index (χ3v) is 2.29. The van der Waals surface area contributed by atoms with Crippen LogP contribution in [0.4, 0.5) is 0 Å². The minimum atomic E-state index is 0.635. The van der Waals surface area contributed by atoms with Crippen LogP contribution < -0.4 is 0 Å². The Kier molecular flexibility index (Phi) is 2.58. The fraction of sp³-hybridized carbons (Fsp3) is 0.273. The van der Waals surface area contributed by atoms with Gasteiger partial charge in [0.05, 0.1) is 0 Å². The van der Waals surface area contributed by atoms with Gasteiger partial charge in [0, 0.05) is 31.3 Å². The highest BCUT2D eigenvalue weighted by molar-refractivity contribution is 5.95. The van der Waals surface area contributed by atoms with Crippen LogP contribution in [0.3, 0.4) is 0 Å². The molecule has 2 rings (SSSR count). The molecule has 0 N–H and O–H groups in total. The van der Waals surface area contributed by atoms with Crippen LogP contribution in [-0.2, 0) is 0 Å². The van der Waals surface area contributed by atoms with Crippen LogP contribution in [0.25, 0.3) is 6.08 Å². The summed E-state index contributed by atoms with van der Waals surface area (Å²) in [4.78, 5) is 3.93. The molecule has 2 heterocycles. The number of pyridine rings is 1. The maximum absolute atomic E-state index is 11.2. The van der Waals surface area contributed by atoms with Gasteiger partial charge in [0.15, 0.2) is 12.3 Å². The Labute approximate surface area is 83.0 Å². The summed E-state index contributed by atoms with van der Waals surface area (Å²) < 4.78 is 1.07. The highest BCUT2D eigenvalue weighted by atomic mass is 16.5. The molecule has 0 bridgehead atoms. The molecule has 0 aromatic carbocycles. The van der Waals surface area contributed by atoms with Gasteiger partial charge >= 0.3 is 0 Å². The molecule has 3 nitrogen and oxygen atoms in total. The van der Waals surface area contributed by atoms with Crippen molar-refractivity contribution in [1.29, 1.82) is 0 Å². The second-order valence-corrected chi connectivity index (χ2v) is 3.31. The molecule has 0 fully saturated rings. The van der Waals surface area contributed by atoms with Gasteiger partial charge in [0.25, 0.3) is 0 Å². The van der Waals surface area contributed by atoms with Gasteiger partial charge in [-0.1, -0.05) is 0 Å². The Hall–Kier alpha value is -1.64. The normalized spacial score (nSPS) is 16.9. The first-order valence-corrected chi connectivity index (χ1v) is 4.75. The molecule has 0 saturated heterocycles. The van der Waals surface area contributed by atoms with Gasteiger partial charge in [-0.3, -0.25) is 4.98 Å². The first kappa shape index (κ1) is 8.94. The molecule has 0 aliphatic carbocycles. The third kappa shape index (κ3) is 1.99. The monoisotopic (exact) mass is 188 g/mol. The van der Waals surface area contributed by atoms with Gasteiger partial charge in [-0.2, -0.15) is 0 Å². The first-order chi connectivity index (χ1) is 6.86. The second kappa shape index (κ2) is 4.05. The quantitative estimate of drug-likeness (QED) is 0.524. The first-order valence-electron chi connectivity index (χ1n) is 4.75. The molecule has 14 heavy (non-hydrogen) atoms. The molecule has 0 spiro atoms. The molecule has 1 aromatic heterocycles. The Balaban J connectivity index is 2.11. The molecule has 0 atom stereocenters. The van der Waals surface area contributed by atoms with Crippen molar-refractivity contribution in [2.45, 2.75) is 12.8 Å². The van der Waals surface area contributed by atoms with Crippen molar-refractivity contribution in [2.24, 2.45) is 0 Å². The summed E-state index contributed by atoms with van der Waals surface area (Å²) >= 11 is 0. The van der Waals surface area contributed by atoms with Crippen molar-refractivity contribution in [3.05, 3.63) is 41.4 Å². The maximum atomic E-state index is 11.2. The smallest absolute Gasteiger partial charge is 0.187 e. The van der Waals surface area contributed by atoms with E-state index in [2.05, 4.69) is 4.98 Å². The van der Waals surface area contributed by atoms with Crippen LogP contribution in [0.1, 0.15) is 18.4 Å². The molecule has 0 radical (unpaired) electrons. The van der Waals surface area contributed by atoms with Crippen molar-refractivity contribution in [3.8, 4) is 0 Å². The van der Waals surface area contributed by atoms with Gasteiger partial charge in [0.2, 0.25) is 0 Å². The maximum Gasteiger partial charge on any atom is 0.187 e. The van der Waals surface area contributed by atoms with E-state index in [-0.39, 0.29) is 0 Å². The summed E-state index contributed by atoms with van der Waals surface area (Å²) in [5.74, 6) is 0. The van der Waals surface area contributed by atoms with E-state index < -0.39 is 0 Å². The molecule has 0 saturated carbocycles. The van der Waals surface area contributed by atoms with Crippen LogP contribution in [0.2, 0.25) is 0 Å². The molecule has 1 aliphatic heterocycles. The Morgan fingerprint density at radius 3 is 2.71 bits per heavy atom. The van der Waals surface area contributed by atoms with E-state index >= 15 is 0 Å². The van der Waals surface area contributed by atoms with Gasteiger partial charge < -0.3 is 5.21 Å². The zero-order valence-corrected chi connectivity index (χ0v) is 7.89. The van der Waals surface area contributed by atoms with E-state index in [1.807, 2.05) is 24.3 Å². The van der Waals surface area contributed by atoms with Gasteiger partial charge in [-0.15, -0.1) is 0 Å². The average Bonchev–Trinajstić information content (AvgIpc) is 2.63. The van der Waals surface area contributed by atoms with Gasteiger partial charge in [0.1, 0.15) is 0 Å². The van der Waals surface area contributed by atoms with E-state index in [0.717, 1.165) is 28.9 Å². The Bertz CT molecular complexity index is 368. The van der Waals surface area contributed by atoms with E-state index in [4.69, 9.17) is 0 Å². The highest BCUT2D eigenvalue weighted by Crippen LogP contribution is 2.07. The molecule has 0 amide bonds. The standard InChI is InChI=1S/C11H12N2O/c14-13-9-1-2-11(13)4-3-10-5-7-12-8-6-10/h3-8H,1-2,9H2/b4-3+. The highest BCUT2D eigenvalue weighted by Gasteiger charge is 2.13. The summed E-state index contributed by atoms with van der Waals surface area (Å²) in [5, 5.41) is 11.2. The number of allylic oxidation sites excluding steroid dienone is 1. The molecule has 1 aliphatic rings. The number of rotatable bonds is 2. The van der Waals surface area contributed by atoms with Crippen molar-refractivity contribution >= 4 is 11.8 Å². The average molecular weight is 188 g/mol. The van der Waals surface area contributed by atoms with Crippen molar-refractivity contribution < 1.29 is 4.74 Å². The SMILES string of the molecule is [O-][N+]1=C(/C=C/c2ccncc2)CCC1. The fourth-order valence-electron chi connectivity index (χ4n) is 1.51. The third-order valence-electron chi connectivity index (χ3n) is 2.29. The van der Waals surface area contributed by atoms with E-state index in [0.29, 0.717) is 6.54 Å². The van der Waals surface area contributed by atoms with Crippen molar-refractivity contribution in [1.82, 2.24) is 4.98 Å². The topological polar surface area (TPSA) is 39.0 Å². The minimum absolute atomic E-state index is 0.635. The molecule has 0 unspecified atom stereocenters. The molecule has 3 heteroatoms. The largest absolute Gasteiger partial charge is 0.624 e. The van der Waals surface area contributed by atoms with Crippen LogP contribution in [0.5, 0.6) is 0 Å². The zero-order chi connectivity index (χ0) is 9.80. The summed E-state index contributed by atoms with van der Waals surface area (Å²) in [6.45, 7) is 0.635. The lowest BCUT2D eigenvalue weighted by molar-refractivity contribution is -0.447. The van der Waals surface area contributed by atoms with E-state index in [1.165, 1.54) is 0 Å². The Morgan fingerprint density at radius 1 is 1.29 bits per heavy atom. The molecular weight excluding hydrogens is 176 g/mol. The summed E-state index contributed by atoms with van der Waals surface area (Å²) in [6.07, 6.45) is 9.20. The second-order valence-electron chi connectivity index (χ2n) is 3.31. The number of hydrogen-bond acceptors (Lipinski definition) is 2. The number of aromatic nitrogens is 1. The lowest BCUT2D eigenvalue weighted by Crippen LogP contribution is -2.04. The fourth-order valence-corrected chi connectivity index (χ4v) is 1.51. The predicted molar refractivity (Wildman–Crippen MR) is 56.0 cm³/mol. The number of hydroxylamine groups is 1. The summed E-state index contributed by atoms with van der Waals surface area (Å²) in [6, 6.07) is 3.84. The lowest BCUT2D eigenvalue weighted by atomic mass is 10.2. The zero-order valence-electron chi connectivity index (χ0n) is 7.89. The molecule has 72 valence electrons.